The first-order valence-electron chi connectivity index (χ1n) is 5.91. The van der Waals surface area contributed by atoms with Crippen molar-refractivity contribution in [1.82, 2.24) is 5.32 Å². The van der Waals surface area contributed by atoms with E-state index >= 15 is 0 Å². The van der Waals surface area contributed by atoms with Crippen molar-refractivity contribution in [3.8, 4) is 0 Å². The van der Waals surface area contributed by atoms with Gasteiger partial charge in [0, 0.05) is 6.04 Å². The molecule has 4 heteroatoms. The van der Waals surface area contributed by atoms with Gasteiger partial charge in [-0.1, -0.05) is 18.2 Å². The van der Waals surface area contributed by atoms with Gasteiger partial charge in [-0.05, 0) is 42.9 Å². The molecule has 1 aromatic rings. The number of halogens is 3. The molecule has 92 valence electrons. The maximum Gasteiger partial charge on any atom is 0.416 e. The first-order valence-corrected chi connectivity index (χ1v) is 5.91. The lowest BCUT2D eigenvalue weighted by molar-refractivity contribution is -0.137. The van der Waals surface area contributed by atoms with E-state index in [1.54, 1.807) is 0 Å². The lowest BCUT2D eigenvalue weighted by Gasteiger charge is -2.53. The summed E-state index contributed by atoms with van der Waals surface area (Å²) in [7, 11) is 0. The topological polar surface area (TPSA) is 12.0 Å². The molecule has 2 saturated heterocycles. The van der Waals surface area contributed by atoms with Crippen molar-refractivity contribution in [2.45, 2.75) is 36.9 Å². The Hall–Kier alpha value is -1.03. The summed E-state index contributed by atoms with van der Waals surface area (Å²) in [5.41, 5.74) is 0.355. The molecule has 0 spiro atoms. The van der Waals surface area contributed by atoms with Crippen LogP contribution in [-0.2, 0) is 11.6 Å². The van der Waals surface area contributed by atoms with E-state index in [1.807, 2.05) is 6.07 Å². The van der Waals surface area contributed by atoms with E-state index in [-0.39, 0.29) is 5.41 Å². The molecule has 0 radical (unpaired) electrons. The summed E-state index contributed by atoms with van der Waals surface area (Å²) in [5, 5.41) is 3.37. The van der Waals surface area contributed by atoms with Crippen LogP contribution in [0.4, 0.5) is 13.2 Å². The van der Waals surface area contributed by atoms with E-state index in [9.17, 15) is 13.2 Å². The van der Waals surface area contributed by atoms with Crippen LogP contribution in [0.15, 0.2) is 24.3 Å². The Labute approximate surface area is 98.0 Å². The van der Waals surface area contributed by atoms with Crippen LogP contribution < -0.4 is 5.32 Å². The Morgan fingerprint density at radius 3 is 2.59 bits per heavy atom. The largest absolute Gasteiger partial charge is 0.416 e. The molecule has 17 heavy (non-hydrogen) atoms. The predicted molar refractivity (Wildman–Crippen MR) is 58.8 cm³/mol. The second-order valence-corrected chi connectivity index (χ2v) is 5.17. The summed E-state index contributed by atoms with van der Waals surface area (Å²) in [5.74, 6) is 0. The lowest BCUT2D eigenvalue weighted by atomic mass is 9.57. The second-order valence-electron chi connectivity index (χ2n) is 5.17. The van der Waals surface area contributed by atoms with Gasteiger partial charge in [0.25, 0.3) is 0 Å². The van der Waals surface area contributed by atoms with Crippen LogP contribution in [0, 0.1) is 0 Å². The van der Waals surface area contributed by atoms with Crippen molar-refractivity contribution in [1.29, 1.82) is 0 Å². The Balaban J connectivity index is 1.94. The summed E-state index contributed by atoms with van der Waals surface area (Å²) in [6, 6.07) is 6.37. The first-order chi connectivity index (χ1) is 8.00. The van der Waals surface area contributed by atoms with Crippen molar-refractivity contribution < 1.29 is 13.2 Å². The second kappa shape index (κ2) is 3.48. The molecule has 0 amide bonds. The number of alkyl halides is 3. The number of rotatable bonds is 1. The van der Waals surface area contributed by atoms with E-state index in [0.29, 0.717) is 6.04 Å². The van der Waals surface area contributed by atoms with Crippen LogP contribution >= 0.6 is 0 Å². The normalized spacial score (nSPS) is 32.1. The van der Waals surface area contributed by atoms with Gasteiger partial charge in [0.1, 0.15) is 0 Å². The van der Waals surface area contributed by atoms with E-state index in [4.69, 9.17) is 0 Å². The third kappa shape index (κ3) is 1.75. The average molecular weight is 241 g/mol. The van der Waals surface area contributed by atoms with Gasteiger partial charge in [-0.15, -0.1) is 0 Å². The summed E-state index contributed by atoms with van der Waals surface area (Å²) in [6.45, 7) is 0.918. The molecule has 0 atom stereocenters. The SMILES string of the molecule is FC(F)(F)c1cccc(C23CCNC(C2)C3)c1. The van der Waals surface area contributed by atoms with Crippen molar-refractivity contribution in [3.63, 3.8) is 0 Å². The van der Waals surface area contributed by atoms with Crippen LogP contribution in [0.3, 0.4) is 0 Å². The van der Waals surface area contributed by atoms with Gasteiger partial charge < -0.3 is 5.32 Å². The molecule has 0 unspecified atom stereocenters. The molecule has 1 nitrogen and oxygen atoms in total. The Kier molecular flexibility index (Phi) is 2.27. The number of nitrogens with one attached hydrogen (secondary N) is 1. The smallest absolute Gasteiger partial charge is 0.314 e. The Bertz CT molecular complexity index is 427. The van der Waals surface area contributed by atoms with Crippen LogP contribution in [-0.4, -0.2) is 12.6 Å². The molecule has 3 fully saturated rings. The molecule has 2 bridgehead atoms. The predicted octanol–water partition coefficient (Wildman–Crippen LogP) is 3.10. The minimum Gasteiger partial charge on any atom is -0.314 e. The third-order valence-electron chi connectivity index (χ3n) is 4.11. The fraction of sp³-hybridized carbons (Fsp3) is 0.538. The van der Waals surface area contributed by atoms with Crippen LogP contribution in [0.1, 0.15) is 30.4 Å². The zero-order chi connectivity index (χ0) is 12.1. The molecule has 2 heterocycles. The fourth-order valence-electron chi connectivity index (χ4n) is 3.15. The minimum atomic E-state index is -4.23. The molecule has 1 saturated carbocycles. The summed E-state index contributed by atoms with van der Waals surface area (Å²) in [4.78, 5) is 0. The Morgan fingerprint density at radius 1 is 1.24 bits per heavy atom. The molecule has 4 rings (SSSR count). The highest BCUT2D eigenvalue weighted by molar-refractivity contribution is 5.35. The monoisotopic (exact) mass is 241 g/mol. The number of benzene rings is 1. The molecule has 3 aliphatic rings. The van der Waals surface area contributed by atoms with E-state index < -0.39 is 11.7 Å². The molecular weight excluding hydrogens is 227 g/mol. The Morgan fingerprint density at radius 2 is 2.00 bits per heavy atom. The van der Waals surface area contributed by atoms with Crippen molar-refractivity contribution in [2.75, 3.05) is 6.54 Å². The summed E-state index contributed by atoms with van der Waals surface area (Å²) >= 11 is 0. The molecular formula is C13H14F3N. The molecule has 1 N–H and O–H groups in total. The minimum absolute atomic E-state index is 0.0111. The maximum atomic E-state index is 12.7. The quantitative estimate of drug-likeness (QED) is 0.796. The molecule has 1 aliphatic carbocycles. The summed E-state index contributed by atoms with van der Waals surface area (Å²) < 4.78 is 38.0. The van der Waals surface area contributed by atoms with Crippen molar-refractivity contribution in [2.24, 2.45) is 0 Å². The maximum absolute atomic E-state index is 12.7. The van der Waals surface area contributed by atoms with Gasteiger partial charge in [0.05, 0.1) is 5.56 Å². The zero-order valence-electron chi connectivity index (χ0n) is 9.35. The van der Waals surface area contributed by atoms with Crippen LogP contribution in [0.5, 0.6) is 0 Å². The fourth-order valence-corrected chi connectivity index (χ4v) is 3.15. The highest BCUT2D eigenvalue weighted by Crippen LogP contribution is 2.49. The summed E-state index contributed by atoms with van der Waals surface area (Å²) in [6.07, 6.45) is -1.32. The highest BCUT2D eigenvalue weighted by Gasteiger charge is 2.48. The van der Waals surface area contributed by atoms with E-state index in [1.165, 1.54) is 12.1 Å². The van der Waals surface area contributed by atoms with Gasteiger partial charge in [0.2, 0.25) is 0 Å². The van der Waals surface area contributed by atoms with Gasteiger partial charge in [-0.2, -0.15) is 13.2 Å². The molecule has 2 aliphatic heterocycles. The standard InChI is InChI=1S/C13H14F3N/c14-13(15,16)10-3-1-2-9(6-10)12-4-5-17-11(7-12)8-12/h1-3,6,11,17H,4-5,7-8H2. The molecule has 1 aromatic carbocycles. The molecule has 0 aromatic heterocycles. The number of fused-ring (bicyclic) bond motifs is 2. The van der Waals surface area contributed by atoms with Crippen LogP contribution in [0.2, 0.25) is 0 Å². The number of hydrogen-bond acceptors (Lipinski definition) is 1. The number of hydrogen-bond donors (Lipinski definition) is 1. The van der Waals surface area contributed by atoms with E-state index in [2.05, 4.69) is 5.32 Å². The van der Waals surface area contributed by atoms with Gasteiger partial charge >= 0.3 is 6.18 Å². The van der Waals surface area contributed by atoms with Gasteiger partial charge in [-0.3, -0.25) is 0 Å². The van der Waals surface area contributed by atoms with E-state index in [0.717, 1.165) is 37.4 Å². The third-order valence-corrected chi connectivity index (χ3v) is 4.11. The highest BCUT2D eigenvalue weighted by atomic mass is 19.4. The zero-order valence-corrected chi connectivity index (χ0v) is 9.35. The van der Waals surface area contributed by atoms with Crippen molar-refractivity contribution >= 4 is 0 Å². The van der Waals surface area contributed by atoms with Crippen molar-refractivity contribution in [3.05, 3.63) is 35.4 Å². The number of piperidine rings is 2. The van der Waals surface area contributed by atoms with Gasteiger partial charge in [0.15, 0.2) is 0 Å². The van der Waals surface area contributed by atoms with Gasteiger partial charge in [-0.25, -0.2) is 0 Å². The lowest BCUT2D eigenvalue weighted by Crippen LogP contribution is -2.58. The average Bonchev–Trinajstić information content (AvgIpc) is 2.28. The van der Waals surface area contributed by atoms with Crippen LogP contribution in [0.25, 0.3) is 0 Å². The first kappa shape index (κ1) is 11.1.